The van der Waals surface area contributed by atoms with Crippen molar-refractivity contribution in [1.82, 2.24) is 34.9 Å². The van der Waals surface area contributed by atoms with E-state index in [0.717, 1.165) is 5.56 Å². The van der Waals surface area contributed by atoms with Gasteiger partial charge in [-0.2, -0.15) is 10.1 Å². The monoisotopic (exact) mass is 403 g/mol. The first-order chi connectivity index (χ1) is 14.3. The summed E-state index contributed by atoms with van der Waals surface area (Å²) in [5, 5.41) is 15.7. The number of nitrogens with one attached hydrogen (secondary N) is 1. The summed E-state index contributed by atoms with van der Waals surface area (Å²) >= 11 is 1.30. The van der Waals surface area contributed by atoms with Crippen molar-refractivity contribution in [1.29, 1.82) is 0 Å². The zero-order valence-electron chi connectivity index (χ0n) is 14.9. The SMILES string of the molecule is O=c1c2ccccc2nc(SCc2nnc(-c3ccccc3)o2)n1-c1ncn[nH]1. The molecule has 10 heteroatoms. The van der Waals surface area contributed by atoms with Gasteiger partial charge in [-0.15, -0.1) is 10.2 Å². The number of hydrogen-bond acceptors (Lipinski definition) is 8. The number of para-hydroxylation sites is 1. The number of aromatic amines is 1. The molecule has 3 heterocycles. The van der Waals surface area contributed by atoms with Crippen LogP contribution in [0.3, 0.4) is 0 Å². The number of H-pyrrole nitrogens is 1. The maximum absolute atomic E-state index is 13.0. The topological polar surface area (TPSA) is 115 Å². The number of nitrogens with zero attached hydrogens (tertiary/aromatic N) is 6. The molecule has 0 fully saturated rings. The fourth-order valence-corrected chi connectivity index (χ4v) is 3.67. The highest BCUT2D eigenvalue weighted by Crippen LogP contribution is 2.25. The smallest absolute Gasteiger partial charge is 0.269 e. The normalized spacial score (nSPS) is 11.2. The van der Waals surface area contributed by atoms with Gasteiger partial charge in [-0.25, -0.2) is 14.6 Å². The highest BCUT2D eigenvalue weighted by atomic mass is 32.2. The first-order valence-electron chi connectivity index (χ1n) is 8.68. The average molecular weight is 403 g/mol. The fraction of sp³-hybridized carbons (Fsp3) is 0.0526. The predicted octanol–water partition coefficient (Wildman–Crippen LogP) is 2.85. The van der Waals surface area contributed by atoms with Gasteiger partial charge in [-0.3, -0.25) is 4.79 Å². The van der Waals surface area contributed by atoms with E-state index in [0.29, 0.717) is 39.5 Å². The molecular weight excluding hydrogens is 390 g/mol. The quantitative estimate of drug-likeness (QED) is 0.352. The molecule has 0 aliphatic rings. The Labute approximate surface area is 167 Å². The Kier molecular flexibility index (Phi) is 4.37. The van der Waals surface area contributed by atoms with Gasteiger partial charge >= 0.3 is 0 Å². The van der Waals surface area contributed by atoms with Crippen molar-refractivity contribution < 1.29 is 4.42 Å². The zero-order valence-corrected chi connectivity index (χ0v) is 15.7. The lowest BCUT2D eigenvalue weighted by atomic mass is 10.2. The van der Waals surface area contributed by atoms with Crippen LogP contribution in [0.5, 0.6) is 0 Å². The minimum Gasteiger partial charge on any atom is -0.420 e. The molecule has 5 aromatic rings. The average Bonchev–Trinajstić information content (AvgIpc) is 3.45. The van der Waals surface area contributed by atoms with E-state index >= 15 is 0 Å². The minimum atomic E-state index is -0.231. The van der Waals surface area contributed by atoms with Crippen LogP contribution in [0.25, 0.3) is 28.3 Å². The molecule has 0 spiro atoms. The second kappa shape index (κ2) is 7.32. The van der Waals surface area contributed by atoms with E-state index in [2.05, 4.69) is 30.4 Å². The summed E-state index contributed by atoms with van der Waals surface area (Å²) in [5.41, 5.74) is 1.22. The van der Waals surface area contributed by atoms with Crippen LogP contribution < -0.4 is 5.56 Å². The second-order valence-electron chi connectivity index (χ2n) is 6.02. The summed E-state index contributed by atoms with van der Waals surface area (Å²) in [6.07, 6.45) is 1.34. The summed E-state index contributed by atoms with van der Waals surface area (Å²) in [6.45, 7) is 0. The lowest BCUT2D eigenvalue weighted by Crippen LogP contribution is -2.22. The summed E-state index contributed by atoms with van der Waals surface area (Å²) in [6, 6.07) is 16.7. The third kappa shape index (κ3) is 3.29. The molecule has 0 saturated carbocycles. The number of fused-ring (bicyclic) bond motifs is 1. The lowest BCUT2D eigenvalue weighted by molar-refractivity contribution is 0.528. The Morgan fingerprint density at radius 2 is 1.86 bits per heavy atom. The van der Waals surface area contributed by atoms with Crippen LogP contribution >= 0.6 is 11.8 Å². The Morgan fingerprint density at radius 1 is 1.03 bits per heavy atom. The summed E-state index contributed by atoms with van der Waals surface area (Å²) in [4.78, 5) is 21.7. The molecule has 1 N–H and O–H groups in total. The van der Waals surface area contributed by atoms with Gasteiger partial charge < -0.3 is 4.42 Å². The van der Waals surface area contributed by atoms with Crippen LogP contribution in [0.1, 0.15) is 5.89 Å². The fourth-order valence-electron chi connectivity index (χ4n) is 2.84. The highest BCUT2D eigenvalue weighted by molar-refractivity contribution is 7.98. The van der Waals surface area contributed by atoms with E-state index < -0.39 is 0 Å². The first kappa shape index (κ1) is 17.3. The van der Waals surface area contributed by atoms with Crippen LogP contribution in [-0.2, 0) is 5.75 Å². The van der Waals surface area contributed by atoms with Crippen molar-refractivity contribution in [3.05, 3.63) is 77.2 Å². The van der Waals surface area contributed by atoms with E-state index in [4.69, 9.17) is 4.42 Å². The van der Waals surface area contributed by atoms with Gasteiger partial charge in [-0.1, -0.05) is 42.1 Å². The van der Waals surface area contributed by atoms with E-state index in [-0.39, 0.29) is 5.56 Å². The van der Waals surface area contributed by atoms with Crippen molar-refractivity contribution in [2.75, 3.05) is 0 Å². The molecule has 0 unspecified atom stereocenters. The zero-order chi connectivity index (χ0) is 19.6. The molecule has 0 radical (unpaired) electrons. The van der Waals surface area contributed by atoms with Crippen molar-refractivity contribution in [2.24, 2.45) is 0 Å². The van der Waals surface area contributed by atoms with Gasteiger partial charge in [0.2, 0.25) is 17.7 Å². The maximum atomic E-state index is 13.0. The molecule has 9 nitrogen and oxygen atoms in total. The predicted molar refractivity (Wildman–Crippen MR) is 107 cm³/mol. The molecule has 2 aromatic carbocycles. The van der Waals surface area contributed by atoms with Crippen molar-refractivity contribution in [3.8, 4) is 17.4 Å². The van der Waals surface area contributed by atoms with Crippen LogP contribution in [0.4, 0.5) is 0 Å². The van der Waals surface area contributed by atoms with Crippen molar-refractivity contribution >= 4 is 22.7 Å². The molecule has 5 rings (SSSR count). The van der Waals surface area contributed by atoms with Gasteiger partial charge in [0.25, 0.3) is 5.56 Å². The van der Waals surface area contributed by atoms with Gasteiger partial charge in [0, 0.05) is 5.56 Å². The van der Waals surface area contributed by atoms with E-state index in [1.54, 1.807) is 18.2 Å². The lowest BCUT2D eigenvalue weighted by Gasteiger charge is -2.09. The third-order valence-electron chi connectivity index (χ3n) is 4.17. The van der Waals surface area contributed by atoms with Crippen LogP contribution in [0.2, 0.25) is 0 Å². The molecular formula is C19H13N7O2S. The Morgan fingerprint density at radius 3 is 2.69 bits per heavy atom. The number of aromatic nitrogens is 7. The van der Waals surface area contributed by atoms with Crippen LogP contribution in [0.15, 0.2) is 75.3 Å². The maximum Gasteiger partial charge on any atom is 0.269 e. The van der Waals surface area contributed by atoms with Gasteiger partial charge in [0.15, 0.2) is 5.16 Å². The largest absolute Gasteiger partial charge is 0.420 e. The van der Waals surface area contributed by atoms with Crippen LogP contribution in [-0.4, -0.2) is 34.9 Å². The number of thioether (sulfide) groups is 1. The van der Waals surface area contributed by atoms with Crippen LogP contribution in [0, 0.1) is 0 Å². The van der Waals surface area contributed by atoms with E-state index in [1.807, 2.05) is 36.4 Å². The summed E-state index contributed by atoms with van der Waals surface area (Å²) in [7, 11) is 0. The van der Waals surface area contributed by atoms with Gasteiger partial charge in [0.1, 0.15) is 6.33 Å². The summed E-state index contributed by atoms with van der Waals surface area (Å²) in [5.74, 6) is 1.52. The van der Waals surface area contributed by atoms with E-state index in [9.17, 15) is 4.79 Å². The number of rotatable bonds is 5. The van der Waals surface area contributed by atoms with Crippen molar-refractivity contribution in [3.63, 3.8) is 0 Å². The molecule has 0 atom stereocenters. The second-order valence-corrected chi connectivity index (χ2v) is 6.96. The molecule has 3 aromatic heterocycles. The Hall–Kier alpha value is -3.79. The molecule has 0 aliphatic heterocycles. The molecule has 29 heavy (non-hydrogen) atoms. The molecule has 0 saturated heterocycles. The standard InChI is InChI=1S/C19H13N7O2S/c27-17-13-8-4-5-9-14(13)22-19(26(17)18-20-11-21-25-18)29-10-15-23-24-16(28-15)12-6-2-1-3-7-12/h1-9,11H,10H2,(H,20,21,25). The number of benzene rings is 2. The molecule has 0 amide bonds. The molecule has 0 aliphatic carbocycles. The van der Waals surface area contributed by atoms with E-state index in [1.165, 1.54) is 22.7 Å². The number of hydrogen-bond donors (Lipinski definition) is 1. The molecule has 142 valence electrons. The minimum absolute atomic E-state index is 0.231. The Bertz CT molecular complexity index is 1330. The van der Waals surface area contributed by atoms with Crippen molar-refractivity contribution in [2.45, 2.75) is 10.9 Å². The first-order valence-corrected chi connectivity index (χ1v) is 9.66. The van der Waals surface area contributed by atoms with Gasteiger partial charge in [0.05, 0.1) is 16.7 Å². The molecule has 0 bridgehead atoms. The summed E-state index contributed by atoms with van der Waals surface area (Å²) < 4.78 is 7.14. The van der Waals surface area contributed by atoms with Gasteiger partial charge in [-0.05, 0) is 24.3 Å². The third-order valence-corrected chi connectivity index (χ3v) is 5.09. The Balaban J connectivity index is 1.50. The highest BCUT2D eigenvalue weighted by Gasteiger charge is 2.17.